The van der Waals surface area contributed by atoms with Gasteiger partial charge in [-0.3, -0.25) is 0 Å². The summed E-state index contributed by atoms with van der Waals surface area (Å²) in [7, 11) is 0. The zero-order valence-electron chi connectivity index (χ0n) is 8.83. The molecule has 1 heterocycles. The van der Waals surface area contributed by atoms with Crippen molar-refractivity contribution in [2.75, 3.05) is 18.0 Å². The predicted octanol–water partition coefficient (Wildman–Crippen LogP) is 0.520. The summed E-state index contributed by atoms with van der Waals surface area (Å²) in [5, 5.41) is 4.19. The van der Waals surface area contributed by atoms with Crippen LogP contribution in [0, 0.1) is 0 Å². The molecule has 0 saturated carbocycles. The molecule has 0 aliphatic heterocycles. The van der Waals surface area contributed by atoms with Crippen molar-refractivity contribution in [3.8, 4) is 0 Å². The number of hydrogen-bond donors (Lipinski definition) is 3. The van der Waals surface area contributed by atoms with Crippen LogP contribution >= 0.6 is 0 Å². The smallest absolute Gasteiger partial charge is 0.150 e. The van der Waals surface area contributed by atoms with Gasteiger partial charge < -0.3 is 17.2 Å². The minimum Gasteiger partial charge on any atom is -0.384 e. The molecular weight excluding hydrogens is 178 g/mol. The molecule has 0 atom stereocenters. The summed E-state index contributed by atoms with van der Waals surface area (Å²) in [5.41, 5.74) is 18.1. The normalized spacial score (nSPS) is 11.1. The van der Waals surface area contributed by atoms with E-state index in [4.69, 9.17) is 17.2 Å². The molecule has 0 aliphatic carbocycles. The van der Waals surface area contributed by atoms with Gasteiger partial charge in [-0.05, 0) is 33.2 Å². The van der Waals surface area contributed by atoms with Crippen molar-refractivity contribution in [3.05, 3.63) is 5.56 Å². The van der Waals surface area contributed by atoms with E-state index in [9.17, 15) is 0 Å². The average molecular weight is 197 g/mol. The number of nitrogens with zero attached hydrogens (tertiary/aromatic N) is 2. The highest BCUT2D eigenvalue weighted by Crippen LogP contribution is 2.23. The molecule has 5 heteroatoms. The van der Waals surface area contributed by atoms with Crippen LogP contribution in [0.4, 0.5) is 11.6 Å². The average Bonchev–Trinajstić information content (AvgIpc) is 2.40. The molecule has 0 aromatic carbocycles. The van der Waals surface area contributed by atoms with Gasteiger partial charge in [0.05, 0.1) is 0 Å². The Labute approximate surface area is 84.2 Å². The van der Waals surface area contributed by atoms with Gasteiger partial charge in [-0.25, -0.2) is 4.68 Å². The second-order valence-corrected chi connectivity index (χ2v) is 3.68. The Morgan fingerprint density at radius 1 is 1.36 bits per heavy atom. The first-order valence-corrected chi connectivity index (χ1v) is 4.90. The third kappa shape index (κ3) is 1.98. The molecule has 1 aromatic heterocycles. The summed E-state index contributed by atoms with van der Waals surface area (Å²) >= 11 is 0. The summed E-state index contributed by atoms with van der Waals surface area (Å²) in [4.78, 5) is 0. The van der Waals surface area contributed by atoms with Gasteiger partial charge in [-0.2, -0.15) is 5.10 Å². The van der Waals surface area contributed by atoms with Crippen LogP contribution in [-0.2, 0) is 6.42 Å². The Hall–Kier alpha value is -1.23. The van der Waals surface area contributed by atoms with Gasteiger partial charge in [-0.15, -0.1) is 0 Å². The molecule has 0 amide bonds. The highest BCUT2D eigenvalue weighted by atomic mass is 15.3. The first-order chi connectivity index (χ1) is 6.57. The van der Waals surface area contributed by atoms with Gasteiger partial charge in [0.15, 0.2) is 5.82 Å². The summed E-state index contributed by atoms with van der Waals surface area (Å²) in [5.74, 6) is 1.20. The molecule has 0 spiro atoms. The maximum Gasteiger partial charge on any atom is 0.150 e. The van der Waals surface area contributed by atoms with Gasteiger partial charge in [0, 0.05) is 11.6 Å². The lowest BCUT2D eigenvalue weighted by Crippen LogP contribution is -2.08. The van der Waals surface area contributed by atoms with Crippen LogP contribution in [0.2, 0.25) is 0 Å². The summed E-state index contributed by atoms with van der Waals surface area (Å²) < 4.78 is 1.75. The Kier molecular flexibility index (Phi) is 3.35. The van der Waals surface area contributed by atoms with E-state index in [0.717, 1.165) is 18.4 Å². The summed E-state index contributed by atoms with van der Waals surface area (Å²) in [6, 6.07) is 0.240. The maximum atomic E-state index is 5.93. The maximum absolute atomic E-state index is 5.93. The van der Waals surface area contributed by atoms with E-state index in [0.29, 0.717) is 18.2 Å². The van der Waals surface area contributed by atoms with Crippen molar-refractivity contribution in [1.82, 2.24) is 9.78 Å². The van der Waals surface area contributed by atoms with Crippen molar-refractivity contribution in [2.45, 2.75) is 32.7 Å². The standard InChI is InChI=1S/C9H19N5/c1-6(2)14-9(12)7(4-3-5-10)8(11)13-14/h6H,3-5,10,12H2,1-2H3,(H2,11,13). The van der Waals surface area contributed by atoms with Crippen molar-refractivity contribution in [3.63, 3.8) is 0 Å². The van der Waals surface area contributed by atoms with E-state index < -0.39 is 0 Å². The molecule has 0 radical (unpaired) electrons. The number of anilines is 2. The van der Waals surface area contributed by atoms with Crippen molar-refractivity contribution >= 4 is 11.6 Å². The van der Waals surface area contributed by atoms with Crippen LogP contribution < -0.4 is 17.2 Å². The van der Waals surface area contributed by atoms with Crippen molar-refractivity contribution < 1.29 is 0 Å². The molecule has 0 aliphatic rings. The monoisotopic (exact) mass is 197 g/mol. The number of aromatic nitrogens is 2. The molecule has 6 N–H and O–H groups in total. The lowest BCUT2D eigenvalue weighted by molar-refractivity contribution is 0.542. The van der Waals surface area contributed by atoms with Crippen molar-refractivity contribution in [1.29, 1.82) is 0 Å². The van der Waals surface area contributed by atoms with E-state index >= 15 is 0 Å². The fraction of sp³-hybridized carbons (Fsp3) is 0.667. The quantitative estimate of drug-likeness (QED) is 0.655. The number of rotatable bonds is 4. The van der Waals surface area contributed by atoms with Crippen LogP contribution in [0.3, 0.4) is 0 Å². The van der Waals surface area contributed by atoms with E-state index in [1.807, 2.05) is 13.8 Å². The minimum atomic E-state index is 0.240. The SMILES string of the molecule is CC(C)n1nc(N)c(CCCN)c1N. The first kappa shape index (κ1) is 10.8. The molecule has 0 unspecified atom stereocenters. The van der Waals surface area contributed by atoms with Crippen molar-refractivity contribution in [2.24, 2.45) is 5.73 Å². The second kappa shape index (κ2) is 4.32. The summed E-state index contributed by atoms with van der Waals surface area (Å²) in [6.45, 7) is 4.69. The molecule has 0 saturated heterocycles. The first-order valence-electron chi connectivity index (χ1n) is 4.90. The minimum absolute atomic E-state index is 0.240. The number of nitrogen functional groups attached to an aromatic ring is 2. The second-order valence-electron chi connectivity index (χ2n) is 3.68. The van der Waals surface area contributed by atoms with E-state index in [2.05, 4.69) is 5.10 Å². The largest absolute Gasteiger partial charge is 0.384 e. The van der Waals surface area contributed by atoms with Crippen LogP contribution in [-0.4, -0.2) is 16.3 Å². The third-order valence-electron chi connectivity index (χ3n) is 2.20. The summed E-state index contributed by atoms with van der Waals surface area (Å²) in [6.07, 6.45) is 1.69. The molecule has 0 bridgehead atoms. The number of hydrogen-bond acceptors (Lipinski definition) is 4. The Morgan fingerprint density at radius 2 is 2.00 bits per heavy atom. The van der Waals surface area contributed by atoms with E-state index in [-0.39, 0.29) is 6.04 Å². The van der Waals surface area contributed by atoms with E-state index in [1.165, 1.54) is 0 Å². The van der Waals surface area contributed by atoms with Crippen LogP contribution in [0.15, 0.2) is 0 Å². The Morgan fingerprint density at radius 3 is 2.43 bits per heavy atom. The zero-order chi connectivity index (χ0) is 10.7. The van der Waals surface area contributed by atoms with Crippen LogP contribution in [0.5, 0.6) is 0 Å². The molecule has 80 valence electrons. The molecule has 0 fully saturated rings. The molecule has 14 heavy (non-hydrogen) atoms. The van der Waals surface area contributed by atoms with Crippen LogP contribution in [0.1, 0.15) is 31.9 Å². The highest BCUT2D eigenvalue weighted by molar-refractivity contribution is 5.54. The fourth-order valence-electron chi connectivity index (χ4n) is 1.43. The predicted molar refractivity (Wildman–Crippen MR) is 58.8 cm³/mol. The van der Waals surface area contributed by atoms with Gasteiger partial charge in [0.2, 0.25) is 0 Å². The molecule has 5 nitrogen and oxygen atoms in total. The van der Waals surface area contributed by atoms with Gasteiger partial charge in [0.1, 0.15) is 5.82 Å². The Balaban J connectivity index is 2.93. The van der Waals surface area contributed by atoms with Gasteiger partial charge in [0.25, 0.3) is 0 Å². The third-order valence-corrected chi connectivity index (χ3v) is 2.20. The highest BCUT2D eigenvalue weighted by Gasteiger charge is 2.13. The molecule has 1 rings (SSSR count). The molecular formula is C9H19N5. The van der Waals surface area contributed by atoms with Crippen LogP contribution in [0.25, 0.3) is 0 Å². The van der Waals surface area contributed by atoms with Gasteiger partial charge in [-0.1, -0.05) is 0 Å². The number of nitrogens with two attached hydrogens (primary N) is 3. The molecule has 1 aromatic rings. The lowest BCUT2D eigenvalue weighted by atomic mass is 10.1. The van der Waals surface area contributed by atoms with Gasteiger partial charge >= 0.3 is 0 Å². The fourth-order valence-corrected chi connectivity index (χ4v) is 1.43. The topological polar surface area (TPSA) is 95.9 Å². The zero-order valence-corrected chi connectivity index (χ0v) is 8.83. The lowest BCUT2D eigenvalue weighted by Gasteiger charge is -2.07. The van der Waals surface area contributed by atoms with E-state index in [1.54, 1.807) is 4.68 Å². The Bertz CT molecular complexity index is 302.